The fraction of sp³-hybridized carbons (Fsp3) is 0.571. The van der Waals surface area contributed by atoms with Crippen LogP contribution in [0.15, 0.2) is 16.8 Å². The number of carboxylic acids is 1. The maximum atomic E-state index is 12.2. The maximum absolute atomic E-state index is 12.2. The van der Waals surface area contributed by atoms with E-state index < -0.39 is 5.97 Å². The van der Waals surface area contributed by atoms with E-state index in [1.54, 1.807) is 23.3 Å². The Morgan fingerprint density at radius 3 is 2.85 bits per heavy atom. The molecule has 1 N–H and O–H groups in total. The van der Waals surface area contributed by atoms with Gasteiger partial charge in [-0.15, -0.1) is 0 Å². The zero-order valence-corrected chi connectivity index (χ0v) is 12.6. The van der Waals surface area contributed by atoms with Gasteiger partial charge >= 0.3 is 5.97 Å². The van der Waals surface area contributed by atoms with Crippen molar-refractivity contribution in [3.05, 3.63) is 22.4 Å². The number of hydrogen-bond acceptors (Lipinski definition) is 4. The molecular weight excluding hydrogens is 276 g/mol. The minimum atomic E-state index is -0.765. The van der Waals surface area contributed by atoms with Gasteiger partial charge in [-0.05, 0) is 42.3 Å². The third kappa shape index (κ3) is 3.37. The lowest BCUT2D eigenvalue weighted by molar-refractivity contribution is -0.143. The van der Waals surface area contributed by atoms with Gasteiger partial charge in [0, 0.05) is 19.6 Å². The second-order valence-corrected chi connectivity index (χ2v) is 6.11. The average molecular weight is 296 g/mol. The first kappa shape index (κ1) is 15.0. The van der Waals surface area contributed by atoms with Crippen LogP contribution in [0, 0.1) is 5.92 Å². The first-order valence-corrected chi connectivity index (χ1v) is 7.65. The number of carboxylic acid groups (broad SMARTS) is 1. The second kappa shape index (κ2) is 6.37. The Hall–Kier alpha value is -1.40. The summed E-state index contributed by atoms with van der Waals surface area (Å²) < 4.78 is 0. The number of aliphatic carboxylic acids is 1. The van der Waals surface area contributed by atoms with E-state index in [9.17, 15) is 9.59 Å². The van der Waals surface area contributed by atoms with Gasteiger partial charge in [0.15, 0.2) is 0 Å². The van der Waals surface area contributed by atoms with Crippen molar-refractivity contribution in [2.75, 3.05) is 20.1 Å². The molecule has 1 saturated heterocycles. The van der Waals surface area contributed by atoms with E-state index in [0.717, 1.165) is 5.56 Å². The third-order valence-electron chi connectivity index (χ3n) is 3.97. The highest BCUT2D eigenvalue weighted by molar-refractivity contribution is 7.07. The molecule has 0 aliphatic carbocycles. The summed E-state index contributed by atoms with van der Waals surface area (Å²) in [6.45, 7) is 3.46. The fourth-order valence-corrected chi connectivity index (χ4v) is 3.26. The van der Waals surface area contributed by atoms with Gasteiger partial charge in [-0.3, -0.25) is 14.5 Å². The van der Waals surface area contributed by atoms with E-state index in [1.807, 2.05) is 28.7 Å². The molecule has 1 amide bonds. The number of carbonyl (C=O) groups excluding carboxylic acids is 1. The van der Waals surface area contributed by atoms with Gasteiger partial charge in [-0.1, -0.05) is 0 Å². The topological polar surface area (TPSA) is 60.9 Å². The number of likely N-dealkylation sites (tertiary alicyclic amines) is 1. The van der Waals surface area contributed by atoms with Crippen LogP contribution in [0.2, 0.25) is 0 Å². The predicted molar refractivity (Wildman–Crippen MR) is 77.6 cm³/mol. The first-order valence-electron chi connectivity index (χ1n) is 6.71. The van der Waals surface area contributed by atoms with E-state index in [0.29, 0.717) is 26.1 Å². The van der Waals surface area contributed by atoms with E-state index in [4.69, 9.17) is 5.11 Å². The van der Waals surface area contributed by atoms with Gasteiger partial charge in [0.2, 0.25) is 5.91 Å². The summed E-state index contributed by atoms with van der Waals surface area (Å²) in [4.78, 5) is 26.9. The molecule has 0 spiro atoms. The molecule has 1 aromatic rings. The highest BCUT2D eigenvalue weighted by atomic mass is 32.1. The van der Waals surface area contributed by atoms with E-state index in [2.05, 4.69) is 0 Å². The molecule has 0 aromatic carbocycles. The van der Waals surface area contributed by atoms with Crippen molar-refractivity contribution >= 4 is 23.2 Å². The molecule has 5 nitrogen and oxygen atoms in total. The van der Waals surface area contributed by atoms with Gasteiger partial charge in [-0.2, -0.15) is 11.3 Å². The van der Waals surface area contributed by atoms with Crippen molar-refractivity contribution in [3.63, 3.8) is 0 Å². The van der Waals surface area contributed by atoms with Crippen molar-refractivity contribution in [3.8, 4) is 0 Å². The van der Waals surface area contributed by atoms with Crippen LogP contribution in [-0.4, -0.2) is 53.0 Å². The summed E-state index contributed by atoms with van der Waals surface area (Å²) in [5.41, 5.74) is 1.13. The maximum Gasteiger partial charge on any atom is 0.308 e. The predicted octanol–water partition coefficient (Wildman–Crippen LogP) is 1.50. The molecule has 1 aromatic heterocycles. The number of likely N-dealkylation sites (N-methyl/N-ethyl adjacent to an activating group) is 1. The molecule has 2 unspecified atom stereocenters. The minimum Gasteiger partial charge on any atom is -0.481 e. The molecule has 20 heavy (non-hydrogen) atoms. The van der Waals surface area contributed by atoms with E-state index in [1.165, 1.54) is 0 Å². The molecule has 6 heteroatoms. The fourth-order valence-electron chi connectivity index (χ4n) is 2.60. The average Bonchev–Trinajstić information content (AvgIpc) is 3.00. The number of nitrogens with zero attached hydrogens (tertiary/aromatic N) is 2. The molecule has 0 saturated carbocycles. The summed E-state index contributed by atoms with van der Waals surface area (Å²) in [6, 6.07) is 1.93. The molecule has 1 aliphatic heterocycles. The van der Waals surface area contributed by atoms with Crippen molar-refractivity contribution in [1.29, 1.82) is 0 Å². The Labute approximate surface area is 122 Å². The zero-order chi connectivity index (χ0) is 14.7. The minimum absolute atomic E-state index is 0.0362. The van der Waals surface area contributed by atoms with Crippen LogP contribution in [0.25, 0.3) is 0 Å². The molecule has 2 atom stereocenters. The number of carbonyl (C=O) groups is 2. The molecule has 0 radical (unpaired) electrons. The van der Waals surface area contributed by atoms with Gasteiger partial charge < -0.3 is 10.0 Å². The van der Waals surface area contributed by atoms with Crippen molar-refractivity contribution in [2.24, 2.45) is 5.92 Å². The number of rotatable bonds is 5. The van der Waals surface area contributed by atoms with Gasteiger partial charge in [0.25, 0.3) is 0 Å². The number of hydrogen-bond donors (Lipinski definition) is 1. The van der Waals surface area contributed by atoms with E-state index in [-0.39, 0.29) is 17.9 Å². The van der Waals surface area contributed by atoms with Crippen molar-refractivity contribution < 1.29 is 14.7 Å². The van der Waals surface area contributed by atoms with E-state index >= 15 is 0 Å². The molecule has 0 bridgehead atoms. The Balaban J connectivity index is 1.87. The summed E-state index contributed by atoms with van der Waals surface area (Å²) in [5, 5.41) is 13.1. The molecule has 1 aliphatic rings. The van der Waals surface area contributed by atoms with Crippen LogP contribution < -0.4 is 0 Å². The number of amides is 1. The lowest BCUT2D eigenvalue weighted by Gasteiger charge is -2.25. The normalized spacial score (nSPS) is 22.9. The Bertz CT molecular complexity index is 475. The standard InChI is InChI=1S/C14H20N2O3S/c1-10-12(14(18)19)3-5-16(10)8-13(17)15(2)7-11-4-6-20-9-11/h4,6,9-10,12H,3,5,7-8H2,1-2H3,(H,18,19). The van der Waals surface area contributed by atoms with Gasteiger partial charge in [-0.25, -0.2) is 0 Å². The quantitative estimate of drug-likeness (QED) is 0.894. The van der Waals surface area contributed by atoms with Crippen LogP contribution in [-0.2, 0) is 16.1 Å². The van der Waals surface area contributed by atoms with Gasteiger partial charge in [0.05, 0.1) is 12.5 Å². The lowest BCUT2D eigenvalue weighted by Crippen LogP contribution is -2.41. The Morgan fingerprint density at radius 1 is 1.55 bits per heavy atom. The monoisotopic (exact) mass is 296 g/mol. The molecule has 1 fully saturated rings. The third-order valence-corrected chi connectivity index (χ3v) is 4.70. The van der Waals surface area contributed by atoms with Crippen LogP contribution in [0.1, 0.15) is 18.9 Å². The molecular formula is C14H20N2O3S. The zero-order valence-electron chi connectivity index (χ0n) is 11.8. The van der Waals surface area contributed by atoms with Crippen LogP contribution in [0.3, 0.4) is 0 Å². The summed E-state index contributed by atoms with van der Waals surface area (Å²) in [6.07, 6.45) is 0.623. The first-order chi connectivity index (χ1) is 9.49. The van der Waals surface area contributed by atoms with Crippen LogP contribution in [0.4, 0.5) is 0 Å². The number of thiophene rings is 1. The summed E-state index contributed by atoms with van der Waals surface area (Å²) in [7, 11) is 1.79. The highest BCUT2D eigenvalue weighted by Crippen LogP contribution is 2.24. The summed E-state index contributed by atoms with van der Waals surface area (Å²) in [5.74, 6) is -1.09. The lowest BCUT2D eigenvalue weighted by atomic mass is 10.0. The summed E-state index contributed by atoms with van der Waals surface area (Å²) >= 11 is 1.62. The Morgan fingerprint density at radius 2 is 2.30 bits per heavy atom. The smallest absolute Gasteiger partial charge is 0.308 e. The van der Waals surface area contributed by atoms with Crippen LogP contribution >= 0.6 is 11.3 Å². The highest BCUT2D eigenvalue weighted by Gasteiger charge is 2.36. The second-order valence-electron chi connectivity index (χ2n) is 5.33. The van der Waals surface area contributed by atoms with Gasteiger partial charge in [0.1, 0.15) is 0 Å². The molecule has 2 heterocycles. The SMILES string of the molecule is CC1C(C(=O)O)CCN1CC(=O)N(C)Cc1ccsc1. The van der Waals surface area contributed by atoms with Crippen molar-refractivity contribution in [2.45, 2.75) is 25.9 Å². The Kier molecular flexibility index (Phi) is 4.77. The molecule has 110 valence electrons. The largest absolute Gasteiger partial charge is 0.481 e. The molecule has 2 rings (SSSR count). The van der Waals surface area contributed by atoms with Crippen molar-refractivity contribution in [1.82, 2.24) is 9.80 Å². The van der Waals surface area contributed by atoms with Crippen LogP contribution in [0.5, 0.6) is 0 Å².